The lowest BCUT2D eigenvalue weighted by atomic mass is 10.1. The Kier molecular flexibility index (Phi) is 7.71. The van der Waals surface area contributed by atoms with Crippen molar-refractivity contribution in [3.05, 3.63) is 48.0 Å². The number of anilines is 3. The summed E-state index contributed by atoms with van der Waals surface area (Å²) in [6, 6.07) is 8.46. The second-order valence-corrected chi connectivity index (χ2v) is 7.97. The molecule has 0 amide bonds. The van der Waals surface area contributed by atoms with E-state index >= 15 is 0 Å². The number of benzene rings is 2. The number of nitrogens with one attached hydrogen (secondary N) is 2. The summed E-state index contributed by atoms with van der Waals surface area (Å²) in [4.78, 5) is 22.5. The number of fused-ring (bicyclic) bond motifs is 1. The molecule has 0 aliphatic carbocycles. The largest absolute Gasteiger partial charge is 0.513 e. The molecule has 34 heavy (non-hydrogen) atoms. The summed E-state index contributed by atoms with van der Waals surface area (Å²) in [5.41, 5.74) is 2.25. The number of methoxy groups -OCH3 is 1. The first-order valence-electron chi connectivity index (χ1n) is 11.1. The maximum Gasteiger partial charge on any atom is 0.513 e. The van der Waals surface area contributed by atoms with Crippen molar-refractivity contribution in [1.82, 2.24) is 14.9 Å². The van der Waals surface area contributed by atoms with Gasteiger partial charge in [0.25, 0.3) is 0 Å². The molecule has 1 saturated heterocycles. The number of hydrogen-bond donors (Lipinski definition) is 2. The number of aromatic nitrogens is 2. The first-order chi connectivity index (χ1) is 16.5. The van der Waals surface area contributed by atoms with Gasteiger partial charge in [0.2, 0.25) is 0 Å². The van der Waals surface area contributed by atoms with Gasteiger partial charge < -0.3 is 24.8 Å². The predicted molar refractivity (Wildman–Crippen MR) is 127 cm³/mol. The Bertz CT molecular complexity index is 1150. The van der Waals surface area contributed by atoms with Gasteiger partial charge >= 0.3 is 6.16 Å². The molecule has 4 rings (SSSR count). The molecule has 1 fully saturated rings. The highest BCUT2D eigenvalue weighted by Crippen LogP contribution is 2.31. The third kappa shape index (κ3) is 5.89. The first kappa shape index (κ1) is 23.7. The van der Waals surface area contributed by atoms with Crippen LogP contribution in [0, 0.1) is 12.7 Å². The van der Waals surface area contributed by atoms with Crippen LogP contribution in [0.1, 0.15) is 12.0 Å². The Morgan fingerprint density at radius 1 is 1.21 bits per heavy atom. The van der Waals surface area contributed by atoms with Crippen molar-refractivity contribution >= 4 is 34.3 Å². The molecule has 9 nitrogen and oxygen atoms in total. The SMILES string of the molecule is COC(=O)Oc1cc(Nc2ncnc3cc(NCCCN4CCOCC4)ccc23)c(F)cc1C. The number of carbonyl (C=O) groups is 1. The molecule has 10 heteroatoms. The van der Waals surface area contributed by atoms with Crippen molar-refractivity contribution in [1.29, 1.82) is 0 Å². The second kappa shape index (κ2) is 11.1. The Balaban J connectivity index is 1.44. The van der Waals surface area contributed by atoms with Crippen LogP contribution < -0.4 is 15.4 Å². The van der Waals surface area contributed by atoms with Crippen LogP contribution in [-0.2, 0) is 9.47 Å². The second-order valence-electron chi connectivity index (χ2n) is 7.97. The average Bonchev–Trinajstić information content (AvgIpc) is 2.85. The van der Waals surface area contributed by atoms with E-state index in [0.717, 1.165) is 56.9 Å². The number of aryl methyl sites for hydroxylation is 1. The van der Waals surface area contributed by atoms with Crippen molar-refractivity contribution in [2.45, 2.75) is 13.3 Å². The van der Waals surface area contributed by atoms with Crippen LogP contribution in [0.2, 0.25) is 0 Å². The van der Waals surface area contributed by atoms with Gasteiger partial charge in [-0.2, -0.15) is 0 Å². The standard InChI is InChI=1S/C24H28FN5O4/c1-16-12-19(25)21(14-22(16)34-24(31)32-2)29-23-18-5-4-17(13-20(18)27-15-28-23)26-6-3-7-30-8-10-33-11-9-30/h4-5,12-15,26H,3,6-11H2,1-2H3,(H,27,28,29). The number of nitrogens with zero attached hydrogens (tertiary/aromatic N) is 3. The third-order valence-electron chi connectivity index (χ3n) is 5.60. The Morgan fingerprint density at radius 3 is 2.82 bits per heavy atom. The summed E-state index contributed by atoms with van der Waals surface area (Å²) in [7, 11) is 1.21. The molecule has 0 bridgehead atoms. The fourth-order valence-electron chi connectivity index (χ4n) is 3.74. The van der Waals surface area contributed by atoms with Crippen LogP contribution in [-0.4, -0.2) is 67.5 Å². The van der Waals surface area contributed by atoms with Crippen LogP contribution in [0.4, 0.5) is 26.4 Å². The zero-order valence-corrected chi connectivity index (χ0v) is 19.3. The van der Waals surface area contributed by atoms with E-state index in [0.29, 0.717) is 16.9 Å². The average molecular weight is 470 g/mol. The van der Waals surface area contributed by atoms with E-state index in [1.807, 2.05) is 18.2 Å². The Labute approximate surface area is 197 Å². The van der Waals surface area contributed by atoms with Gasteiger partial charge in [-0.1, -0.05) is 0 Å². The fraction of sp³-hybridized carbons (Fsp3) is 0.375. The van der Waals surface area contributed by atoms with E-state index in [-0.39, 0.29) is 11.4 Å². The van der Waals surface area contributed by atoms with Crippen molar-refractivity contribution in [2.75, 3.05) is 57.1 Å². The number of ether oxygens (including phenoxy) is 3. The van der Waals surface area contributed by atoms with Crippen LogP contribution in [0.25, 0.3) is 10.9 Å². The quantitative estimate of drug-likeness (QED) is 0.287. The zero-order valence-electron chi connectivity index (χ0n) is 19.3. The van der Waals surface area contributed by atoms with Crippen LogP contribution in [0.5, 0.6) is 5.75 Å². The molecule has 2 aromatic carbocycles. The lowest BCUT2D eigenvalue weighted by Gasteiger charge is -2.26. The maximum atomic E-state index is 14.6. The molecule has 1 aliphatic heterocycles. The number of hydrogen-bond acceptors (Lipinski definition) is 9. The number of carbonyl (C=O) groups excluding carboxylic acids is 1. The topological polar surface area (TPSA) is 97.8 Å². The van der Waals surface area contributed by atoms with Gasteiger partial charge in [-0.25, -0.2) is 19.2 Å². The Morgan fingerprint density at radius 2 is 2.03 bits per heavy atom. The summed E-state index contributed by atoms with van der Waals surface area (Å²) in [6.45, 7) is 7.10. The van der Waals surface area contributed by atoms with Gasteiger partial charge in [0.15, 0.2) is 0 Å². The molecule has 0 atom stereocenters. The van der Waals surface area contributed by atoms with Crippen molar-refractivity contribution < 1.29 is 23.4 Å². The first-order valence-corrected chi connectivity index (χ1v) is 11.1. The molecule has 3 aromatic rings. The van der Waals surface area contributed by atoms with E-state index in [4.69, 9.17) is 9.47 Å². The molecule has 0 saturated carbocycles. The van der Waals surface area contributed by atoms with Crippen LogP contribution >= 0.6 is 0 Å². The molecule has 1 aromatic heterocycles. The summed E-state index contributed by atoms with van der Waals surface area (Å²) in [6.07, 6.45) is 1.57. The van der Waals surface area contributed by atoms with Gasteiger partial charge in [0.05, 0.1) is 31.5 Å². The lowest BCUT2D eigenvalue weighted by Crippen LogP contribution is -2.37. The van der Waals surface area contributed by atoms with Crippen LogP contribution in [0.15, 0.2) is 36.7 Å². The van der Waals surface area contributed by atoms with E-state index in [1.165, 1.54) is 25.6 Å². The maximum absolute atomic E-state index is 14.6. The predicted octanol–water partition coefficient (Wildman–Crippen LogP) is 4.10. The molecule has 0 radical (unpaired) electrons. The molecule has 0 unspecified atom stereocenters. The van der Waals surface area contributed by atoms with Gasteiger partial charge in [-0.3, -0.25) is 4.90 Å². The summed E-state index contributed by atoms with van der Waals surface area (Å²) in [5.74, 6) is 0.133. The molecule has 2 heterocycles. The summed E-state index contributed by atoms with van der Waals surface area (Å²) >= 11 is 0. The van der Waals surface area contributed by atoms with E-state index in [1.54, 1.807) is 6.92 Å². The van der Waals surface area contributed by atoms with E-state index < -0.39 is 12.0 Å². The zero-order chi connectivity index (χ0) is 23.9. The van der Waals surface area contributed by atoms with Crippen molar-refractivity contribution in [3.63, 3.8) is 0 Å². The highest BCUT2D eigenvalue weighted by molar-refractivity contribution is 5.92. The molecule has 0 spiro atoms. The Hall–Kier alpha value is -3.50. The molecule has 1 aliphatic rings. The molecular weight excluding hydrogens is 441 g/mol. The summed E-state index contributed by atoms with van der Waals surface area (Å²) < 4.78 is 29.6. The minimum absolute atomic E-state index is 0.120. The summed E-state index contributed by atoms with van der Waals surface area (Å²) in [5, 5.41) is 7.15. The number of halogens is 1. The molecular formula is C24H28FN5O4. The van der Waals surface area contributed by atoms with E-state index in [9.17, 15) is 9.18 Å². The number of morpholine rings is 1. The minimum Gasteiger partial charge on any atom is -0.437 e. The van der Waals surface area contributed by atoms with Gasteiger partial charge in [0.1, 0.15) is 23.7 Å². The minimum atomic E-state index is -0.877. The normalized spacial score (nSPS) is 14.1. The van der Waals surface area contributed by atoms with Crippen molar-refractivity contribution in [3.8, 4) is 5.75 Å². The van der Waals surface area contributed by atoms with Gasteiger partial charge in [-0.15, -0.1) is 0 Å². The highest BCUT2D eigenvalue weighted by Gasteiger charge is 2.14. The highest BCUT2D eigenvalue weighted by atomic mass is 19.1. The van der Waals surface area contributed by atoms with E-state index in [2.05, 4.69) is 30.2 Å². The smallest absolute Gasteiger partial charge is 0.437 e. The molecule has 180 valence electrons. The fourth-order valence-corrected chi connectivity index (χ4v) is 3.74. The van der Waals surface area contributed by atoms with Crippen molar-refractivity contribution in [2.24, 2.45) is 0 Å². The van der Waals surface area contributed by atoms with Gasteiger partial charge in [0, 0.05) is 36.8 Å². The molecule has 2 N–H and O–H groups in total. The van der Waals surface area contributed by atoms with Crippen LogP contribution in [0.3, 0.4) is 0 Å². The monoisotopic (exact) mass is 469 g/mol. The van der Waals surface area contributed by atoms with Gasteiger partial charge in [-0.05, 0) is 49.7 Å². The number of rotatable bonds is 8. The lowest BCUT2D eigenvalue weighted by molar-refractivity contribution is 0.0378. The third-order valence-corrected chi connectivity index (χ3v) is 5.60.